The first-order valence-corrected chi connectivity index (χ1v) is 11.2. The maximum absolute atomic E-state index is 12.3. The van der Waals surface area contributed by atoms with Gasteiger partial charge in [0.2, 0.25) is 5.91 Å². The van der Waals surface area contributed by atoms with Crippen LogP contribution in [0.3, 0.4) is 0 Å². The SMILES string of the molecule is CCn1c(SCC(=O)Nc2cccc(Cl)c2)nnc1C(C)Oc1ccc(Cl)cc1C. The number of hydrogen-bond donors (Lipinski definition) is 1. The molecule has 3 aromatic rings. The number of rotatable bonds is 8. The van der Waals surface area contributed by atoms with Crippen molar-refractivity contribution in [2.45, 2.75) is 38.6 Å². The van der Waals surface area contributed by atoms with Crippen molar-refractivity contribution < 1.29 is 9.53 Å². The smallest absolute Gasteiger partial charge is 0.234 e. The van der Waals surface area contributed by atoms with Gasteiger partial charge in [0.1, 0.15) is 5.75 Å². The lowest BCUT2D eigenvalue weighted by Gasteiger charge is -2.17. The van der Waals surface area contributed by atoms with Gasteiger partial charge in [-0.2, -0.15) is 0 Å². The van der Waals surface area contributed by atoms with Crippen LogP contribution in [-0.2, 0) is 11.3 Å². The third-order valence-electron chi connectivity index (χ3n) is 4.31. The molecule has 30 heavy (non-hydrogen) atoms. The fraction of sp³-hybridized carbons (Fsp3) is 0.286. The molecule has 0 spiro atoms. The van der Waals surface area contributed by atoms with Crippen LogP contribution in [0, 0.1) is 6.92 Å². The standard InChI is InChI=1S/C21H22Cl2N4O2S/c1-4-27-20(14(3)29-18-9-8-16(23)10-13(18)2)25-26-21(27)30-12-19(28)24-17-7-5-6-15(22)11-17/h5-11,14H,4,12H2,1-3H3,(H,24,28). The molecule has 1 atom stereocenters. The van der Waals surface area contributed by atoms with Crippen molar-refractivity contribution in [1.82, 2.24) is 14.8 Å². The number of carbonyl (C=O) groups excluding carboxylic acids is 1. The number of carbonyl (C=O) groups is 1. The Labute approximate surface area is 189 Å². The Morgan fingerprint density at radius 3 is 2.67 bits per heavy atom. The van der Waals surface area contributed by atoms with Gasteiger partial charge in [0, 0.05) is 22.3 Å². The molecule has 158 valence electrons. The van der Waals surface area contributed by atoms with Gasteiger partial charge in [0.05, 0.1) is 5.75 Å². The number of halogens is 2. The predicted molar refractivity (Wildman–Crippen MR) is 122 cm³/mol. The number of anilines is 1. The van der Waals surface area contributed by atoms with E-state index in [1.165, 1.54) is 11.8 Å². The summed E-state index contributed by atoms with van der Waals surface area (Å²) in [6.45, 7) is 6.53. The number of nitrogens with one attached hydrogen (secondary N) is 1. The Morgan fingerprint density at radius 1 is 1.20 bits per heavy atom. The summed E-state index contributed by atoms with van der Waals surface area (Å²) in [4.78, 5) is 12.3. The summed E-state index contributed by atoms with van der Waals surface area (Å²) in [5.41, 5.74) is 1.61. The van der Waals surface area contributed by atoms with E-state index in [0.29, 0.717) is 33.3 Å². The zero-order valence-corrected chi connectivity index (χ0v) is 19.2. The molecular weight excluding hydrogens is 443 g/mol. The topological polar surface area (TPSA) is 69.0 Å². The molecule has 1 heterocycles. The van der Waals surface area contributed by atoms with E-state index in [0.717, 1.165) is 11.3 Å². The highest BCUT2D eigenvalue weighted by Gasteiger charge is 2.20. The predicted octanol–water partition coefficient (Wildman–Crippen LogP) is 5.78. The fourth-order valence-corrected chi connectivity index (χ4v) is 4.11. The number of benzene rings is 2. The molecule has 0 bridgehead atoms. The summed E-state index contributed by atoms with van der Waals surface area (Å²) in [6.07, 6.45) is -0.313. The number of aromatic nitrogens is 3. The van der Waals surface area contributed by atoms with Crippen molar-refractivity contribution in [3.05, 3.63) is 63.9 Å². The van der Waals surface area contributed by atoms with E-state index in [1.807, 2.05) is 37.5 Å². The number of nitrogens with zero attached hydrogens (tertiary/aromatic N) is 3. The molecule has 1 unspecified atom stereocenters. The molecule has 0 fully saturated rings. The summed E-state index contributed by atoms with van der Waals surface area (Å²) in [7, 11) is 0. The maximum Gasteiger partial charge on any atom is 0.234 e. The van der Waals surface area contributed by atoms with E-state index in [4.69, 9.17) is 27.9 Å². The van der Waals surface area contributed by atoms with Crippen LogP contribution in [0.25, 0.3) is 0 Å². The van der Waals surface area contributed by atoms with Crippen molar-refractivity contribution in [2.24, 2.45) is 0 Å². The average molecular weight is 465 g/mol. The highest BCUT2D eigenvalue weighted by Crippen LogP contribution is 2.28. The Balaban J connectivity index is 1.65. The summed E-state index contributed by atoms with van der Waals surface area (Å²) < 4.78 is 8.03. The van der Waals surface area contributed by atoms with Gasteiger partial charge in [-0.15, -0.1) is 10.2 Å². The molecule has 0 aliphatic carbocycles. The van der Waals surface area contributed by atoms with Gasteiger partial charge in [-0.05, 0) is 62.7 Å². The van der Waals surface area contributed by atoms with Crippen LogP contribution in [0.15, 0.2) is 47.6 Å². The van der Waals surface area contributed by atoms with Gasteiger partial charge < -0.3 is 14.6 Å². The van der Waals surface area contributed by atoms with Gasteiger partial charge >= 0.3 is 0 Å². The molecule has 2 aromatic carbocycles. The molecule has 0 aliphatic rings. The minimum atomic E-state index is -0.313. The van der Waals surface area contributed by atoms with Crippen LogP contribution < -0.4 is 10.1 Å². The largest absolute Gasteiger partial charge is 0.482 e. The molecular formula is C21H22Cl2N4O2S. The molecule has 0 aliphatic heterocycles. The van der Waals surface area contributed by atoms with E-state index < -0.39 is 0 Å². The van der Waals surface area contributed by atoms with Crippen LogP contribution in [0.1, 0.15) is 31.3 Å². The highest BCUT2D eigenvalue weighted by atomic mass is 35.5. The average Bonchev–Trinajstić information content (AvgIpc) is 3.11. The fourth-order valence-electron chi connectivity index (χ4n) is 2.89. The summed E-state index contributed by atoms with van der Waals surface area (Å²) in [6, 6.07) is 12.5. The molecule has 3 rings (SSSR count). The normalized spacial score (nSPS) is 11.9. The minimum Gasteiger partial charge on any atom is -0.482 e. The summed E-state index contributed by atoms with van der Waals surface area (Å²) in [5.74, 6) is 1.50. The first-order chi connectivity index (χ1) is 14.4. The van der Waals surface area contributed by atoms with Crippen molar-refractivity contribution in [3.63, 3.8) is 0 Å². The lowest BCUT2D eigenvalue weighted by atomic mass is 10.2. The monoisotopic (exact) mass is 464 g/mol. The zero-order chi connectivity index (χ0) is 21.7. The minimum absolute atomic E-state index is 0.143. The van der Waals surface area contributed by atoms with Crippen LogP contribution >= 0.6 is 35.0 Å². The van der Waals surface area contributed by atoms with Crippen LogP contribution in [-0.4, -0.2) is 26.4 Å². The van der Waals surface area contributed by atoms with Gasteiger partial charge in [-0.1, -0.05) is 41.0 Å². The number of amides is 1. The van der Waals surface area contributed by atoms with Crippen molar-refractivity contribution in [2.75, 3.05) is 11.1 Å². The molecule has 0 radical (unpaired) electrons. The number of thioether (sulfide) groups is 1. The Kier molecular flexibility index (Phi) is 7.64. The van der Waals surface area contributed by atoms with Crippen LogP contribution in [0.2, 0.25) is 10.0 Å². The van der Waals surface area contributed by atoms with E-state index in [1.54, 1.807) is 30.3 Å². The second kappa shape index (κ2) is 10.2. The van der Waals surface area contributed by atoms with Crippen LogP contribution in [0.5, 0.6) is 5.75 Å². The molecule has 1 aromatic heterocycles. The van der Waals surface area contributed by atoms with E-state index in [2.05, 4.69) is 15.5 Å². The quantitative estimate of drug-likeness (QED) is 0.427. The van der Waals surface area contributed by atoms with Gasteiger partial charge in [-0.25, -0.2) is 0 Å². The Bertz CT molecular complexity index is 1040. The Hall–Kier alpha value is -2.22. The summed E-state index contributed by atoms with van der Waals surface area (Å²) >= 11 is 13.3. The highest BCUT2D eigenvalue weighted by molar-refractivity contribution is 7.99. The number of hydrogen-bond acceptors (Lipinski definition) is 5. The third kappa shape index (κ3) is 5.68. The molecule has 0 saturated carbocycles. The molecule has 1 N–H and O–H groups in total. The first kappa shape index (κ1) is 22.5. The molecule has 9 heteroatoms. The third-order valence-corrected chi connectivity index (χ3v) is 5.74. The Morgan fingerprint density at radius 2 is 1.97 bits per heavy atom. The number of aryl methyl sites for hydroxylation is 1. The zero-order valence-electron chi connectivity index (χ0n) is 16.9. The van der Waals surface area contributed by atoms with Gasteiger partial charge in [0.15, 0.2) is 17.1 Å². The van der Waals surface area contributed by atoms with E-state index in [9.17, 15) is 4.79 Å². The number of ether oxygens (including phenoxy) is 1. The summed E-state index contributed by atoms with van der Waals surface area (Å²) in [5, 5.41) is 13.3. The van der Waals surface area contributed by atoms with Gasteiger partial charge in [-0.3, -0.25) is 4.79 Å². The van der Waals surface area contributed by atoms with Crippen molar-refractivity contribution in [3.8, 4) is 5.75 Å². The van der Waals surface area contributed by atoms with Crippen molar-refractivity contribution >= 4 is 46.6 Å². The molecule has 1 amide bonds. The van der Waals surface area contributed by atoms with Crippen molar-refractivity contribution in [1.29, 1.82) is 0 Å². The van der Waals surface area contributed by atoms with E-state index >= 15 is 0 Å². The molecule has 0 saturated heterocycles. The van der Waals surface area contributed by atoms with Crippen LogP contribution in [0.4, 0.5) is 5.69 Å². The first-order valence-electron chi connectivity index (χ1n) is 9.41. The van der Waals surface area contributed by atoms with E-state index in [-0.39, 0.29) is 17.8 Å². The lowest BCUT2D eigenvalue weighted by molar-refractivity contribution is -0.113. The lowest BCUT2D eigenvalue weighted by Crippen LogP contribution is -2.15. The molecule has 6 nitrogen and oxygen atoms in total. The maximum atomic E-state index is 12.3. The second-order valence-corrected chi connectivity index (χ2v) is 8.42. The second-order valence-electron chi connectivity index (χ2n) is 6.60. The van der Waals surface area contributed by atoms with Gasteiger partial charge in [0.25, 0.3) is 0 Å².